The Bertz CT molecular complexity index is 1730. The van der Waals surface area contributed by atoms with Gasteiger partial charge in [0, 0.05) is 27.8 Å². The molecule has 1 atom stereocenters. The Balaban J connectivity index is 1.54. The fraction of sp³-hybridized carbons (Fsp3) is 0.171. The molecule has 4 aromatic carbocycles. The molecule has 0 heterocycles. The Hall–Kier alpha value is -5.42. The fourth-order valence-electron chi connectivity index (χ4n) is 4.30. The molecular weight excluding hydrogens is 606 g/mol. The van der Waals surface area contributed by atoms with Crippen molar-refractivity contribution in [1.29, 1.82) is 0 Å². The zero-order valence-corrected chi connectivity index (χ0v) is 26.9. The Kier molecular flexibility index (Phi) is 11.7. The van der Waals surface area contributed by atoms with Crippen LogP contribution in [0.25, 0.3) is 6.08 Å². The van der Waals surface area contributed by atoms with Gasteiger partial charge in [-0.3, -0.25) is 14.4 Å². The molecule has 3 amide bonds. The van der Waals surface area contributed by atoms with E-state index in [1.54, 1.807) is 99.0 Å². The second-order valence-corrected chi connectivity index (χ2v) is 11.2. The van der Waals surface area contributed by atoms with Gasteiger partial charge in [-0.15, -0.1) is 11.8 Å². The van der Waals surface area contributed by atoms with Gasteiger partial charge in [-0.2, -0.15) is 0 Å². The summed E-state index contributed by atoms with van der Waals surface area (Å²) in [5.74, 6) is 0.857. The molecule has 0 fully saturated rings. The lowest BCUT2D eigenvalue weighted by Crippen LogP contribution is -2.30. The van der Waals surface area contributed by atoms with Gasteiger partial charge in [0.25, 0.3) is 11.8 Å². The molecule has 4 rings (SSSR count). The first-order valence-electron chi connectivity index (χ1n) is 14.2. The van der Waals surface area contributed by atoms with Crippen molar-refractivity contribution in [2.75, 3.05) is 39.1 Å². The second kappa shape index (κ2) is 16.1. The van der Waals surface area contributed by atoms with Crippen LogP contribution in [-0.4, -0.2) is 51.4 Å². The van der Waals surface area contributed by atoms with Gasteiger partial charge in [0.15, 0.2) is 0 Å². The number of ether oxygens (including phenoxy) is 4. The van der Waals surface area contributed by atoms with E-state index in [1.807, 2.05) is 6.07 Å². The Morgan fingerprint density at radius 3 is 2.07 bits per heavy atom. The normalized spacial score (nSPS) is 11.5. The number of hydrogen-bond acceptors (Lipinski definition) is 8. The molecule has 4 aromatic rings. The molecule has 0 spiro atoms. The zero-order chi connectivity index (χ0) is 33.1. The second-order valence-electron chi connectivity index (χ2n) is 9.78. The van der Waals surface area contributed by atoms with Crippen LogP contribution in [0.2, 0.25) is 0 Å². The predicted molar refractivity (Wildman–Crippen MR) is 180 cm³/mol. The monoisotopic (exact) mass is 641 g/mol. The van der Waals surface area contributed by atoms with E-state index in [2.05, 4.69) is 16.0 Å². The lowest BCUT2D eigenvalue weighted by Gasteiger charge is -2.16. The minimum atomic E-state index is -0.563. The largest absolute Gasteiger partial charge is 0.497 e. The maximum absolute atomic E-state index is 13.6. The number of anilines is 2. The van der Waals surface area contributed by atoms with Crippen molar-refractivity contribution >= 4 is 46.9 Å². The zero-order valence-electron chi connectivity index (χ0n) is 26.1. The minimum absolute atomic E-state index is 0.0153. The number of carbonyl (C=O) groups excluding carboxylic acids is 3. The number of thioether (sulfide) groups is 1. The number of hydrogen-bond donors (Lipinski definition) is 3. The number of carbonyl (C=O) groups is 3. The molecule has 1 unspecified atom stereocenters. The molecule has 0 radical (unpaired) electrons. The summed E-state index contributed by atoms with van der Waals surface area (Å²) in [4.78, 5) is 40.5. The number of amides is 3. The third kappa shape index (κ3) is 8.82. The maximum atomic E-state index is 13.6. The summed E-state index contributed by atoms with van der Waals surface area (Å²) in [5.41, 5.74) is 1.85. The van der Waals surface area contributed by atoms with E-state index < -0.39 is 17.1 Å². The highest BCUT2D eigenvalue weighted by Crippen LogP contribution is 2.32. The lowest BCUT2D eigenvalue weighted by molar-refractivity contribution is -0.115. The molecule has 0 saturated heterocycles. The van der Waals surface area contributed by atoms with E-state index in [-0.39, 0.29) is 11.6 Å². The van der Waals surface area contributed by atoms with Gasteiger partial charge >= 0.3 is 0 Å². The molecular formula is C35H35N3O7S. The standard InChI is InChI=1S/C35H35N3O7S/c1-22(33(39)37-29-21-27(43-3)15-17-32(29)45-5)46-28-13-9-12-25(20-28)36-35(41)30(38-34(40)23-10-7-6-8-11-23)19-24-18-26(42-2)14-16-31(24)44-4/h6-22H,1-5H3,(H,36,41)(H,37,39)(H,38,40)/b30-19+. The number of methoxy groups -OCH3 is 4. The van der Waals surface area contributed by atoms with Gasteiger partial charge in [-0.25, -0.2) is 0 Å². The van der Waals surface area contributed by atoms with E-state index in [4.69, 9.17) is 18.9 Å². The van der Waals surface area contributed by atoms with E-state index in [0.717, 1.165) is 4.90 Å². The van der Waals surface area contributed by atoms with Crippen molar-refractivity contribution in [3.05, 3.63) is 108 Å². The smallest absolute Gasteiger partial charge is 0.272 e. The van der Waals surface area contributed by atoms with E-state index in [1.165, 1.54) is 39.2 Å². The van der Waals surface area contributed by atoms with E-state index in [9.17, 15) is 14.4 Å². The van der Waals surface area contributed by atoms with Gasteiger partial charge in [0.2, 0.25) is 5.91 Å². The first-order chi connectivity index (χ1) is 22.2. The van der Waals surface area contributed by atoms with Crippen molar-refractivity contribution in [1.82, 2.24) is 5.32 Å². The van der Waals surface area contributed by atoms with E-state index >= 15 is 0 Å². The number of nitrogens with one attached hydrogen (secondary N) is 3. The highest BCUT2D eigenvalue weighted by atomic mass is 32.2. The average molecular weight is 642 g/mol. The molecule has 0 aromatic heterocycles. The highest BCUT2D eigenvalue weighted by molar-refractivity contribution is 8.00. The molecule has 238 valence electrons. The average Bonchev–Trinajstić information content (AvgIpc) is 3.08. The van der Waals surface area contributed by atoms with Crippen LogP contribution in [0.15, 0.2) is 102 Å². The van der Waals surface area contributed by atoms with Crippen molar-refractivity contribution in [2.24, 2.45) is 0 Å². The van der Waals surface area contributed by atoms with Crippen molar-refractivity contribution in [3.8, 4) is 23.0 Å². The van der Waals surface area contributed by atoms with Crippen LogP contribution in [0.4, 0.5) is 11.4 Å². The summed E-state index contributed by atoms with van der Waals surface area (Å²) in [6.45, 7) is 1.78. The molecule has 0 saturated carbocycles. The van der Waals surface area contributed by atoms with Gasteiger partial charge in [-0.05, 0) is 73.7 Å². The molecule has 0 aliphatic rings. The van der Waals surface area contributed by atoms with Crippen LogP contribution in [0, 0.1) is 0 Å². The number of benzene rings is 4. The SMILES string of the molecule is COc1ccc(OC)c(/C=C(/NC(=O)c2ccccc2)C(=O)Nc2cccc(SC(C)C(=O)Nc3cc(OC)ccc3OC)c2)c1. The van der Waals surface area contributed by atoms with Crippen LogP contribution in [0.1, 0.15) is 22.8 Å². The van der Waals surface area contributed by atoms with Gasteiger partial charge < -0.3 is 34.9 Å². The Morgan fingerprint density at radius 1 is 0.717 bits per heavy atom. The van der Waals surface area contributed by atoms with Crippen LogP contribution >= 0.6 is 11.8 Å². The van der Waals surface area contributed by atoms with Crippen molar-refractivity contribution in [2.45, 2.75) is 17.1 Å². The molecule has 0 aliphatic heterocycles. The lowest BCUT2D eigenvalue weighted by atomic mass is 10.1. The quantitative estimate of drug-likeness (QED) is 0.116. The third-order valence-corrected chi connectivity index (χ3v) is 7.80. The summed E-state index contributed by atoms with van der Waals surface area (Å²) in [6.07, 6.45) is 1.52. The fourth-order valence-corrected chi connectivity index (χ4v) is 5.23. The summed E-state index contributed by atoms with van der Waals surface area (Å²) >= 11 is 1.31. The first kappa shape index (κ1) is 33.5. The van der Waals surface area contributed by atoms with Crippen LogP contribution < -0.4 is 34.9 Å². The summed E-state index contributed by atoms with van der Waals surface area (Å²) in [6, 6.07) is 25.9. The van der Waals surface area contributed by atoms with Crippen LogP contribution in [-0.2, 0) is 9.59 Å². The Morgan fingerprint density at radius 2 is 1.39 bits per heavy atom. The highest BCUT2D eigenvalue weighted by Gasteiger charge is 2.19. The first-order valence-corrected chi connectivity index (χ1v) is 15.0. The van der Waals surface area contributed by atoms with Gasteiger partial charge in [0.05, 0.1) is 39.4 Å². The van der Waals surface area contributed by atoms with Crippen LogP contribution in [0.5, 0.6) is 23.0 Å². The molecule has 10 nitrogen and oxygen atoms in total. The van der Waals surface area contributed by atoms with E-state index in [0.29, 0.717) is 45.5 Å². The molecule has 0 bridgehead atoms. The van der Waals surface area contributed by atoms with Crippen molar-refractivity contribution < 1.29 is 33.3 Å². The molecule has 11 heteroatoms. The summed E-state index contributed by atoms with van der Waals surface area (Å²) in [7, 11) is 6.12. The summed E-state index contributed by atoms with van der Waals surface area (Å²) in [5, 5.41) is 7.98. The molecule has 46 heavy (non-hydrogen) atoms. The van der Waals surface area contributed by atoms with Gasteiger partial charge in [0.1, 0.15) is 28.7 Å². The topological polar surface area (TPSA) is 124 Å². The predicted octanol–water partition coefficient (Wildman–Crippen LogP) is 6.25. The van der Waals surface area contributed by atoms with Crippen molar-refractivity contribution in [3.63, 3.8) is 0 Å². The summed E-state index contributed by atoms with van der Waals surface area (Å²) < 4.78 is 21.5. The third-order valence-electron chi connectivity index (χ3n) is 6.70. The number of rotatable bonds is 13. The molecule has 0 aliphatic carbocycles. The maximum Gasteiger partial charge on any atom is 0.272 e. The minimum Gasteiger partial charge on any atom is -0.497 e. The van der Waals surface area contributed by atoms with Gasteiger partial charge in [-0.1, -0.05) is 24.3 Å². The molecule has 3 N–H and O–H groups in total. The Labute approximate surface area is 272 Å². The van der Waals surface area contributed by atoms with Crippen LogP contribution in [0.3, 0.4) is 0 Å².